The highest BCUT2D eigenvalue weighted by molar-refractivity contribution is 5.96. The minimum atomic E-state index is -0.492. The smallest absolute Gasteiger partial charge is 0.321 e. The van der Waals surface area contributed by atoms with Crippen molar-refractivity contribution >= 4 is 11.9 Å². The number of imide groups is 1. The maximum atomic E-state index is 11.3. The van der Waals surface area contributed by atoms with Crippen molar-refractivity contribution in [2.24, 2.45) is 0 Å². The molecule has 6 heteroatoms. The van der Waals surface area contributed by atoms with E-state index in [1.54, 1.807) is 6.92 Å². The number of urea groups is 1. The van der Waals surface area contributed by atoms with Gasteiger partial charge in [0.05, 0.1) is 25.3 Å². The lowest BCUT2D eigenvalue weighted by atomic mass is 10.2. The largest absolute Gasteiger partial charge is 0.378 e. The zero-order valence-electron chi connectivity index (χ0n) is 8.29. The lowest BCUT2D eigenvalue weighted by Gasteiger charge is -2.29. The Bertz CT molecular complexity index is 228. The summed E-state index contributed by atoms with van der Waals surface area (Å²) in [6.45, 7) is 2.95. The van der Waals surface area contributed by atoms with E-state index in [1.165, 1.54) is 7.05 Å². The number of carbonyl (C=O) groups is 2. The van der Waals surface area contributed by atoms with Crippen LogP contribution in [0.1, 0.15) is 6.92 Å². The molecule has 0 spiro atoms. The summed E-state index contributed by atoms with van der Waals surface area (Å²) in [5.41, 5.74) is 0. The van der Waals surface area contributed by atoms with Crippen molar-refractivity contribution in [1.29, 1.82) is 0 Å². The van der Waals surface area contributed by atoms with Crippen LogP contribution in [0.25, 0.3) is 0 Å². The number of hydrogen-bond donors (Lipinski definition) is 3. The van der Waals surface area contributed by atoms with Crippen molar-refractivity contribution in [1.82, 2.24) is 16.0 Å². The molecule has 0 saturated carbocycles. The van der Waals surface area contributed by atoms with Crippen LogP contribution in [-0.4, -0.2) is 44.3 Å². The van der Waals surface area contributed by atoms with Gasteiger partial charge in [0.25, 0.3) is 0 Å². The van der Waals surface area contributed by atoms with Crippen molar-refractivity contribution in [3.8, 4) is 0 Å². The Morgan fingerprint density at radius 3 is 2.50 bits per heavy atom. The second-order valence-corrected chi connectivity index (χ2v) is 3.19. The Morgan fingerprint density at radius 1 is 1.43 bits per heavy atom. The van der Waals surface area contributed by atoms with Gasteiger partial charge in [0.1, 0.15) is 0 Å². The number of nitrogens with one attached hydrogen (secondary N) is 3. The molecule has 3 amide bonds. The zero-order valence-corrected chi connectivity index (χ0v) is 8.29. The first-order valence-electron chi connectivity index (χ1n) is 4.50. The molecule has 0 radical (unpaired) electrons. The predicted molar refractivity (Wildman–Crippen MR) is 49.8 cm³/mol. The highest BCUT2D eigenvalue weighted by Gasteiger charge is 2.23. The van der Waals surface area contributed by atoms with Gasteiger partial charge in [-0.25, -0.2) is 4.79 Å². The SMILES string of the molecule is CNC(=O)NC(=O)C(C)NC1COC1. The average Bonchev–Trinajstić information content (AvgIpc) is 2.10. The van der Waals surface area contributed by atoms with E-state index < -0.39 is 6.03 Å². The highest BCUT2D eigenvalue weighted by atomic mass is 16.5. The van der Waals surface area contributed by atoms with Crippen molar-refractivity contribution in [2.45, 2.75) is 19.0 Å². The number of rotatable bonds is 3. The fourth-order valence-corrected chi connectivity index (χ4v) is 1.04. The molecule has 1 heterocycles. The standard InChI is InChI=1S/C8H15N3O3/c1-5(10-6-3-14-4-6)7(12)11-8(13)9-2/h5-6,10H,3-4H2,1-2H3,(H2,9,11,12,13). The molecule has 80 valence electrons. The monoisotopic (exact) mass is 201 g/mol. The van der Waals surface area contributed by atoms with Crippen molar-refractivity contribution in [3.63, 3.8) is 0 Å². The molecule has 1 rings (SSSR count). The second kappa shape index (κ2) is 4.92. The topological polar surface area (TPSA) is 79.5 Å². The molecule has 0 aromatic carbocycles. The van der Waals surface area contributed by atoms with E-state index in [0.717, 1.165) is 0 Å². The van der Waals surface area contributed by atoms with Gasteiger partial charge in [-0.1, -0.05) is 0 Å². The van der Waals surface area contributed by atoms with Gasteiger partial charge in [0, 0.05) is 7.05 Å². The van der Waals surface area contributed by atoms with Crippen LogP contribution in [0.3, 0.4) is 0 Å². The molecule has 0 bridgehead atoms. The van der Waals surface area contributed by atoms with Gasteiger partial charge in [-0.05, 0) is 6.92 Å². The van der Waals surface area contributed by atoms with E-state index in [4.69, 9.17) is 4.74 Å². The number of hydrogen-bond acceptors (Lipinski definition) is 4. The molecule has 0 aliphatic carbocycles. The molecular formula is C8H15N3O3. The Labute approximate surface area is 82.4 Å². The predicted octanol–water partition coefficient (Wildman–Crippen LogP) is -1.18. The van der Waals surface area contributed by atoms with Gasteiger partial charge in [-0.3, -0.25) is 15.4 Å². The van der Waals surface area contributed by atoms with Crippen LogP contribution in [0.15, 0.2) is 0 Å². The number of ether oxygens (including phenoxy) is 1. The third kappa shape index (κ3) is 2.97. The van der Waals surface area contributed by atoms with E-state index in [2.05, 4.69) is 16.0 Å². The summed E-state index contributed by atoms with van der Waals surface area (Å²) in [6, 6.07) is -0.657. The Kier molecular flexibility index (Phi) is 3.84. The molecule has 3 N–H and O–H groups in total. The second-order valence-electron chi connectivity index (χ2n) is 3.19. The van der Waals surface area contributed by atoms with E-state index >= 15 is 0 Å². The van der Waals surface area contributed by atoms with Crippen LogP contribution >= 0.6 is 0 Å². The summed E-state index contributed by atoms with van der Waals surface area (Å²) in [5, 5.41) is 7.53. The summed E-state index contributed by atoms with van der Waals surface area (Å²) < 4.78 is 4.94. The molecule has 1 saturated heterocycles. The van der Waals surface area contributed by atoms with Crippen molar-refractivity contribution in [3.05, 3.63) is 0 Å². The van der Waals surface area contributed by atoms with Crippen LogP contribution < -0.4 is 16.0 Å². The summed E-state index contributed by atoms with van der Waals surface area (Å²) in [7, 11) is 1.46. The van der Waals surface area contributed by atoms with E-state index in [9.17, 15) is 9.59 Å². The van der Waals surface area contributed by atoms with Crippen LogP contribution in [0.2, 0.25) is 0 Å². The summed E-state index contributed by atoms with van der Waals surface area (Å²) >= 11 is 0. The molecule has 0 aromatic heterocycles. The maximum absolute atomic E-state index is 11.3. The lowest BCUT2D eigenvalue weighted by molar-refractivity contribution is -0.122. The molecule has 6 nitrogen and oxygen atoms in total. The molecule has 1 unspecified atom stereocenters. The van der Waals surface area contributed by atoms with Crippen LogP contribution in [0, 0.1) is 0 Å². The lowest BCUT2D eigenvalue weighted by Crippen LogP contribution is -2.55. The quantitative estimate of drug-likeness (QED) is 0.537. The molecular weight excluding hydrogens is 186 g/mol. The van der Waals surface area contributed by atoms with Crippen molar-refractivity contribution < 1.29 is 14.3 Å². The molecule has 1 aliphatic heterocycles. The van der Waals surface area contributed by atoms with E-state index in [0.29, 0.717) is 13.2 Å². The zero-order chi connectivity index (χ0) is 10.6. The van der Waals surface area contributed by atoms with E-state index in [-0.39, 0.29) is 18.0 Å². The molecule has 0 aromatic rings. The van der Waals surface area contributed by atoms with Gasteiger partial charge >= 0.3 is 6.03 Å². The molecule has 1 atom stereocenters. The molecule has 14 heavy (non-hydrogen) atoms. The first-order chi connectivity index (χ1) is 6.63. The van der Waals surface area contributed by atoms with Gasteiger partial charge in [-0.15, -0.1) is 0 Å². The summed E-state index contributed by atoms with van der Waals surface area (Å²) in [5.74, 6) is -0.337. The third-order valence-electron chi connectivity index (χ3n) is 1.98. The normalized spacial score (nSPS) is 18.1. The fourth-order valence-electron chi connectivity index (χ4n) is 1.04. The minimum absolute atomic E-state index is 0.223. The van der Waals surface area contributed by atoms with Gasteiger partial charge < -0.3 is 10.1 Å². The Hall–Kier alpha value is -1.14. The Balaban J connectivity index is 2.24. The summed E-state index contributed by atoms with van der Waals surface area (Å²) in [6.07, 6.45) is 0. The van der Waals surface area contributed by atoms with Gasteiger partial charge in [-0.2, -0.15) is 0 Å². The van der Waals surface area contributed by atoms with Crippen LogP contribution in [-0.2, 0) is 9.53 Å². The molecule has 1 fully saturated rings. The first kappa shape index (κ1) is 10.9. The number of carbonyl (C=O) groups excluding carboxylic acids is 2. The van der Waals surface area contributed by atoms with Gasteiger partial charge in [0.2, 0.25) is 5.91 Å². The Morgan fingerprint density at radius 2 is 2.07 bits per heavy atom. The van der Waals surface area contributed by atoms with Crippen LogP contribution in [0.5, 0.6) is 0 Å². The summed E-state index contributed by atoms with van der Waals surface area (Å²) in [4.78, 5) is 22.1. The first-order valence-corrected chi connectivity index (χ1v) is 4.50. The van der Waals surface area contributed by atoms with Crippen molar-refractivity contribution in [2.75, 3.05) is 20.3 Å². The highest BCUT2D eigenvalue weighted by Crippen LogP contribution is 2.00. The fraction of sp³-hybridized carbons (Fsp3) is 0.750. The third-order valence-corrected chi connectivity index (χ3v) is 1.98. The average molecular weight is 201 g/mol. The molecule has 1 aliphatic rings. The minimum Gasteiger partial charge on any atom is -0.378 e. The van der Waals surface area contributed by atoms with Crippen LogP contribution in [0.4, 0.5) is 4.79 Å². The van der Waals surface area contributed by atoms with Gasteiger partial charge in [0.15, 0.2) is 0 Å². The maximum Gasteiger partial charge on any atom is 0.321 e. The number of amides is 3. The van der Waals surface area contributed by atoms with E-state index in [1.807, 2.05) is 0 Å².